The van der Waals surface area contributed by atoms with Gasteiger partial charge in [-0.25, -0.2) is 0 Å². The topological polar surface area (TPSA) is 60.3 Å². The van der Waals surface area contributed by atoms with E-state index in [2.05, 4.69) is 19.9 Å². The lowest BCUT2D eigenvalue weighted by atomic mass is 9.83. The van der Waals surface area contributed by atoms with E-state index in [4.69, 9.17) is 19.2 Å². The highest BCUT2D eigenvalue weighted by Crippen LogP contribution is 2.48. The van der Waals surface area contributed by atoms with Gasteiger partial charge in [-0.05, 0) is 61.4 Å². The van der Waals surface area contributed by atoms with E-state index >= 15 is 0 Å². The van der Waals surface area contributed by atoms with Gasteiger partial charge in [-0.1, -0.05) is 12.1 Å². The molecule has 0 fully saturated rings. The van der Waals surface area contributed by atoms with Crippen LogP contribution in [0.3, 0.4) is 0 Å². The maximum Gasteiger partial charge on any atom is 0.130 e. The lowest BCUT2D eigenvalue weighted by Crippen LogP contribution is -2.18. The molecule has 5 heteroatoms. The third-order valence-electron chi connectivity index (χ3n) is 5.84. The number of aliphatic imine (C=N–C) groups is 1. The SMILES string of the molecule is COc1cc(O)c2c(c1-c1c(C)cc(OC)c3c(OC)cccc13)C[C@H](C)N=C2C. The second kappa shape index (κ2) is 7.56. The molecule has 0 unspecified atom stereocenters. The summed E-state index contributed by atoms with van der Waals surface area (Å²) in [4.78, 5) is 4.69. The Bertz CT molecular complexity index is 1180. The highest BCUT2D eigenvalue weighted by molar-refractivity contribution is 6.10. The molecule has 0 spiro atoms. The van der Waals surface area contributed by atoms with E-state index in [1.165, 1.54) is 0 Å². The molecular weight excluding hydrogens is 378 g/mol. The van der Waals surface area contributed by atoms with Gasteiger partial charge in [0, 0.05) is 22.9 Å². The summed E-state index contributed by atoms with van der Waals surface area (Å²) in [5.41, 5.74) is 5.81. The number of rotatable bonds is 4. The number of hydrogen-bond donors (Lipinski definition) is 1. The van der Waals surface area contributed by atoms with Gasteiger partial charge in [0.2, 0.25) is 0 Å². The number of phenolic OH excluding ortho intramolecular Hbond substituents is 1. The normalized spacial score (nSPS) is 15.5. The quantitative estimate of drug-likeness (QED) is 0.640. The number of nitrogens with zero attached hydrogens (tertiary/aromatic N) is 1. The second-order valence-electron chi connectivity index (χ2n) is 7.75. The Morgan fingerprint density at radius 1 is 0.900 bits per heavy atom. The van der Waals surface area contributed by atoms with Gasteiger partial charge < -0.3 is 19.3 Å². The van der Waals surface area contributed by atoms with Crippen molar-refractivity contribution in [2.24, 2.45) is 4.99 Å². The molecule has 1 aliphatic heterocycles. The van der Waals surface area contributed by atoms with Crippen LogP contribution >= 0.6 is 0 Å². The van der Waals surface area contributed by atoms with Gasteiger partial charge in [0.05, 0.1) is 32.8 Å². The Kier molecular flexibility index (Phi) is 5.06. The van der Waals surface area contributed by atoms with Crippen LogP contribution in [0.15, 0.2) is 35.3 Å². The largest absolute Gasteiger partial charge is 0.507 e. The van der Waals surface area contributed by atoms with E-state index in [9.17, 15) is 5.11 Å². The zero-order valence-corrected chi connectivity index (χ0v) is 18.3. The molecule has 0 saturated carbocycles. The van der Waals surface area contributed by atoms with E-state index < -0.39 is 0 Å². The van der Waals surface area contributed by atoms with Crippen LogP contribution in [0.25, 0.3) is 21.9 Å². The van der Waals surface area contributed by atoms with Crippen molar-refractivity contribution in [3.05, 3.63) is 47.0 Å². The van der Waals surface area contributed by atoms with Crippen LogP contribution in [-0.4, -0.2) is 38.2 Å². The Morgan fingerprint density at radius 2 is 1.60 bits per heavy atom. The van der Waals surface area contributed by atoms with Crippen LogP contribution in [0.1, 0.15) is 30.5 Å². The number of fused-ring (bicyclic) bond motifs is 2. The summed E-state index contributed by atoms with van der Waals surface area (Å²) in [5.74, 6) is 2.36. The first-order valence-electron chi connectivity index (χ1n) is 10.0. The number of aromatic hydroxyl groups is 1. The van der Waals surface area contributed by atoms with Gasteiger partial charge in [0.25, 0.3) is 0 Å². The van der Waals surface area contributed by atoms with Crippen LogP contribution < -0.4 is 14.2 Å². The van der Waals surface area contributed by atoms with Crippen LogP contribution in [-0.2, 0) is 6.42 Å². The molecule has 3 aromatic rings. The fraction of sp³-hybridized carbons (Fsp3) is 0.320. The first-order chi connectivity index (χ1) is 14.4. The molecule has 3 aromatic carbocycles. The molecule has 0 aromatic heterocycles. The van der Waals surface area contributed by atoms with Crippen molar-refractivity contribution in [3.8, 4) is 34.1 Å². The summed E-state index contributed by atoms with van der Waals surface area (Å²) >= 11 is 0. The van der Waals surface area contributed by atoms with Gasteiger partial charge >= 0.3 is 0 Å². The lowest BCUT2D eigenvalue weighted by Gasteiger charge is -2.27. The Hall–Kier alpha value is -3.21. The number of benzene rings is 3. The summed E-state index contributed by atoms with van der Waals surface area (Å²) in [7, 11) is 4.97. The van der Waals surface area contributed by atoms with E-state index in [1.54, 1.807) is 27.4 Å². The molecule has 1 N–H and O–H groups in total. The van der Waals surface area contributed by atoms with Crippen LogP contribution in [0.4, 0.5) is 0 Å². The summed E-state index contributed by atoms with van der Waals surface area (Å²) in [5, 5.41) is 12.7. The monoisotopic (exact) mass is 405 g/mol. The molecule has 1 aliphatic rings. The molecule has 1 atom stereocenters. The van der Waals surface area contributed by atoms with E-state index in [-0.39, 0.29) is 11.8 Å². The van der Waals surface area contributed by atoms with Crippen molar-refractivity contribution in [3.63, 3.8) is 0 Å². The Labute approximate surface area is 176 Å². The predicted molar refractivity (Wildman–Crippen MR) is 121 cm³/mol. The number of aryl methyl sites for hydroxylation is 1. The van der Waals surface area contributed by atoms with E-state index in [0.29, 0.717) is 5.75 Å². The molecule has 0 bridgehead atoms. The van der Waals surface area contributed by atoms with Gasteiger partial charge in [-0.2, -0.15) is 0 Å². The standard InChI is InChI=1S/C25H27NO4/c1-13-10-20(29-5)24-16(8-7-9-19(24)28-4)22(13)25-17-11-14(2)26-15(3)23(17)18(27)12-21(25)30-6/h7-10,12,14,27H,11H2,1-6H3/t14-/m0/s1. The maximum atomic E-state index is 10.7. The minimum Gasteiger partial charge on any atom is -0.507 e. The molecule has 156 valence electrons. The Morgan fingerprint density at radius 3 is 2.27 bits per heavy atom. The molecular formula is C25H27NO4. The van der Waals surface area contributed by atoms with Crippen LogP contribution in [0.2, 0.25) is 0 Å². The summed E-state index contributed by atoms with van der Waals surface area (Å²) in [6, 6.07) is 9.85. The fourth-order valence-corrected chi connectivity index (χ4v) is 4.69. The van der Waals surface area contributed by atoms with Crippen molar-refractivity contribution in [2.75, 3.05) is 21.3 Å². The minimum atomic E-state index is 0.127. The minimum absolute atomic E-state index is 0.127. The molecule has 4 rings (SSSR count). The maximum absolute atomic E-state index is 10.7. The summed E-state index contributed by atoms with van der Waals surface area (Å²) < 4.78 is 17.1. The lowest BCUT2D eigenvalue weighted by molar-refractivity contribution is 0.404. The average molecular weight is 405 g/mol. The number of phenols is 1. The summed E-state index contributed by atoms with van der Waals surface area (Å²) in [6.07, 6.45) is 0.726. The van der Waals surface area contributed by atoms with Crippen molar-refractivity contribution in [1.82, 2.24) is 0 Å². The van der Waals surface area contributed by atoms with Gasteiger partial charge in [-0.15, -0.1) is 0 Å². The summed E-state index contributed by atoms with van der Waals surface area (Å²) in [6.45, 7) is 6.11. The molecule has 1 heterocycles. The van der Waals surface area contributed by atoms with E-state index in [0.717, 1.165) is 62.2 Å². The molecule has 0 radical (unpaired) electrons. The number of methoxy groups -OCH3 is 3. The highest BCUT2D eigenvalue weighted by Gasteiger charge is 2.28. The van der Waals surface area contributed by atoms with Crippen LogP contribution in [0.5, 0.6) is 23.0 Å². The zero-order valence-electron chi connectivity index (χ0n) is 18.3. The zero-order chi connectivity index (χ0) is 21.6. The first-order valence-corrected chi connectivity index (χ1v) is 10.0. The first kappa shape index (κ1) is 20.1. The molecule has 0 aliphatic carbocycles. The third kappa shape index (κ3) is 2.96. The Balaban J connectivity index is 2.19. The van der Waals surface area contributed by atoms with Gasteiger partial charge in [0.15, 0.2) is 0 Å². The predicted octanol–water partition coefficient (Wildman–Crippen LogP) is 5.30. The molecule has 0 saturated heterocycles. The van der Waals surface area contributed by atoms with Crippen molar-refractivity contribution < 1.29 is 19.3 Å². The van der Waals surface area contributed by atoms with Gasteiger partial charge in [0.1, 0.15) is 23.0 Å². The molecule has 0 amide bonds. The average Bonchev–Trinajstić information content (AvgIpc) is 2.72. The second-order valence-corrected chi connectivity index (χ2v) is 7.75. The van der Waals surface area contributed by atoms with Gasteiger partial charge in [-0.3, -0.25) is 4.99 Å². The number of ether oxygens (including phenoxy) is 3. The van der Waals surface area contributed by atoms with Crippen LogP contribution in [0, 0.1) is 6.92 Å². The third-order valence-corrected chi connectivity index (χ3v) is 5.84. The number of hydrogen-bond acceptors (Lipinski definition) is 5. The fourth-order valence-electron chi connectivity index (χ4n) is 4.69. The molecule has 5 nitrogen and oxygen atoms in total. The molecule has 30 heavy (non-hydrogen) atoms. The highest BCUT2D eigenvalue weighted by atomic mass is 16.5. The van der Waals surface area contributed by atoms with Crippen molar-refractivity contribution in [2.45, 2.75) is 33.2 Å². The smallest absolute Gasteiger partial charge is 0.130 e. The van der Waals surface area contributed by atoms with Crippen molar-refractivity contribution >= 4 is 16.5 Å². The van der Waals surface area contributed by atoms with Crippen molar-refractivity contribution in [1.29, 1.82) is 0 Å². The van der Waals surface area contributed by atoms with E-state index in [1.807, 2.05) is 25.1 Å².